The lowest BCUT2D eigenvalue weighted by Crippen LogP contribution is -2.29. The molecule has 0 heterocycles. The van der Waals surface area contributed by atoms with Crippen molar-refractivity contribution in [1.82, 2.24) is 10.2 Å². The third kappa shape index (κ3) is 3.87. The highest BCUT2D eigenvalue weighted by atomic mass is 35.5. The van der Waals surface area contributed by atoms with E-state index in [1.54, 1.807) is 0 Å². The van der Waals surface area contributed by atoms with Gasteiger partial charge >= 0.3 is 0 Å². The van der Waals surface area contributed by atoms with E-state index in [1.807, 2.05) is 26.1 Å². The Morgan fingerprint density at radius 3 is 2.59 bits per heavy atom. The summed E-state index contributed by atoms with van der Waals surface area (Å²) in [4.78, 5) is 2.17. The van der Waals surface area contributed by atoms with Crippen LogP contribution in [0.5, 0.6) is 5.75 Å². The molecule has 0 bridgehead atoms. The fourth-order valence-corrected chi connectivity index (χ4v) is 2.03. The second-order valence-electron chi connectivity index (χ2n) is 4.16. The maximum Gasteiger partial charge on any atom is 0.137 e. The van der Waals surface area contributed by atoms with Crippen molar-refractivity contribution in [2.75, 3.05) is 34.3 Å². The van der Waals surface area contributed by atoms with Gasteiger partial charge in [-0.2, -0.15) is 0 Å². The lowest BCUT2D eigenvalue weighted by atomic mass is 10.1. The first-order valence-corrected chi connectivity index (χ1v) is 6.21. The van der Waals surface area contributed by atoms with E-state index in [2.05, 4.69) is 30.4 Å². The first-order valence-electron chi connectivity index (χ1n) is 5.83. The molecule has 0 spiro atoms. The zero-order valence-corrected chi connectivity index (χ0v) is 11.7. The Hall–Kier alpha value is -0.770. The van der Waals surface area contributed by atoms with Crippen LogP contribution in [0.25, 0.3) is 0 Å². The van der Waals surface area contributed by atoms with Crippen LogP contribution in [0.3, 0.4) is 0 Å². The van der Waals surface area contributed by atoms with Crippen molar-refractivity contribution in [3.05, 3.63) is 28.8 Å². The van der Waals surface area contributed by atoms with Crippen molar-refractivity contribution in [2.45, 2.75) is 13.0 Å². The molecule has 1 aromatic rings. The highest BCUT2D eigenvalue weighted by Gasteiger charge is 2.14. The normalized spacial score (nSPS) is 12.8. The molecular formula is C13H21ClN2O. The Balaban J connectivity index is 2.93. The monoisotopic (exact) mass is 256 g/mol. The molecule has 1 rings (SSSR count). The van der Waals surface area contributed by atoms with E-state index in [1.165, 1.54) is 5.56 Å². The number of rotatable bonds is 6. The van der Waals surface area contributed by atoms with Gasteiger partial charge in [0.1, 0.15) is 5.75 Å². The Labute approximate surface area is 109 Å². The van der Waals surface area contributed by atoms with Gasteiger partial charge < -0.3 is 15.0 Å². The number of likely N-dealkylation sites (N-methyl/N-ethyl adjacent to an activating group) is 2. The van der Waals surface area contributed by atoms with Crippen LogP contribution < -0.4 is 10.1 Å². The van der Waals surface area contributed by atoms with E-state index < -0.39 is 0 Å². The number of ether oxygens (including phenoxy) is 1. The fraction of sp³-hybridized carbons (Fsp3) is 0.538. The van der Waals surface area contributed by atoms with Gasteiger partial charge in [0.25, 0.3) is 0 Å². The number of nitrogens with zero attached hydrogens (tertiary/aromatic N) is 1. The molecule has 0 aliphatic rings. The minimum absolute atomic E-state index is 0.313. The van der Waals surface area contributed by atoms with E-state index in [0.717, 1.165) is 12.3 Å². The Morgan fingerprint density at radius 1 is 1.41 bits per heavy atom. The van der Waals surface area contributed by atoms with Gasteiger partial charge in [-0.15, -0.1) is 0 Å². The summed E-state index contributed by atoms with van der Waals surface area (Å²) in [6.07, 6.45) is 0. The van der Waals surface area contributed by atoms with Gasteiger partial charge in [-0.25, -0.2) is 0 Å². The molecule has 0 saturated heterocycles. The largest absolute Gasteiger partial charge is 0.492 e. The summed E-state index contributed by atoms with van der Waals surface area (Å²) in [5, 5.41) is 3.86. The van der Waals surface area contributed by atoms with Crippen molar-refractivity contribution >= 4 is 11.6 Å². The van der Waals surface area contributed by atoms with Crippen LogP contribution in [0.1, 0.15) is 18.5 Å². The van der Waals surface area contributed by atoms with Crippen LogP contribution in [0.15, 0.2) is 18.2 Å². The summed E-state index contributed by atoms with van der Waals surface area (Å²) in [7, 11) is 6.07. The van der Waals surface area contributed by atoms with Crippen LogP contribution in [0.2, 0.25) is 5.02 Å². The van der Waals surface area contributed by atoms with E-state index in [-0.39, 0.29) is 0 Å². The van der Waals surface area contributed by atoms with Crippen LogP contribution in [0, 0.1) is 0 Å². The predicted octanol–water partition coefficient (Wildman–Crippen LogP) is 2.56. The topological polar surface area (TPSA) is 24.5 Å². The van der Waals surface area contributed by atoms with Crippen LogP contribution in [0.4, 0.5) is 0 Å². The Morgan fingerprint density at radius 2 is 2.12 bits per heavy atom. The first-order chi connectivity index (χ1) is 8.10. The van der Waals surface area contributed by atoms with Crippen molar-refractivity contribution in [2.24, 2.45) is 0 Å². The lowest BCUT2D eigenvalue weighted by Gasteiger charge is -2.25. The second kappa shape index (κ2) is 6.84. The van der Waals surface area contributed by atoms with Gasteiger partial charge in [-0.05, 0) is 45.8 Å². The molecule has 0 aliphatic heterocycles. The molecule has 1 unspecified atom stereocenters. The van der Waals surface area contributed by atoms with Crippen molar-refractivity contribution in [1.29, 1.82) is 0 Å². The third-order valence-electron chi connectivity index (χ3n) is 2.66. The smallest absolute Gasteiger partial charge is 0.137 e. The van der Waals surface area contributed by atoms with Gasteiger partial charge in [0.05, 0.1) is 11.6 Å². The van der Waals surface area contributed by atoms with E-state index in [4.69, 9.17) is 16.3 Å². The molecule has 3 nitrogen and oxygen atoms in total. The molecule has 0 amide bonds. The van der Waals surface area contributed by atoms with Gasteiger partial charge in [-0.3, -0.25) is 0 Å². The van der Waals surface area contributed by atoms with E-state index in [9.17, 15) is 0 Å². The SMILES string of the molecule is CCOc1ccc(C(CNC)N(C)C)cc1Cl. The molecule has 0 fully saturated rings. The van der Waals surface area contributed by atoms with Gasteiger partial charge in [0, 0.05) is 12.6 Å². The van der Waals surface area contributed by atoms with Crippen molar-refractivity contribution in [3.8, 4) is 5.75 Å². The van der Waals surface area contributed by atoms with Gasteiger partial charge in [0.2, 0.25) is 0 Å². The summed E-state index contributed by atoms with van der Waals surface area (Å²) < 4.78 is 5.43. The third-order valence-corrected chi connectivity index (χ3v) is 2.96. The van der Waals surface area contributed by atoms with Gasteiger partial charge in [0.15, 0.2) is 0 Å². The Kier molecular flexibility index (Phi) is 5.75. The van der Waals surface area contributed by atoms with Crippen LogP contribution >= 0.6 is 11.6 Å². The molecule has 1 aromatic carbocycles. The molecular weight excluding hydrogens is 236 g/mol. The number of hydrogen-bond donors (Lipinski definition) is 1. The molecule has 17 heavy (non-hydrogen) atoms. The zero-order chi connectivity index (χ0) is 12.8. The number of hydrogen-bond acceptors (Lipinski definition) is 3. The minimum Gasteiger partial charge on any atom is -0.492 e. The average Bonchev–Trinajstić information content (AvgIpc) is 2.28. The second-order valence-corrected chi connectivity index (χ2v) is 4.57. The summed E-state index contributed by atoms with van der Waals surface area (Å²) in [6, 6.07) is 6.30. The Bertz CT molecular complexity index is 355. The number of benzene rings is 1. The maximum atomic E-state index is 6.19. The van der Waals surface area contributed by atoms with Crippen molar-refractivity contribution < 1.29 is 4.74 Å². The highest BCUT2D eigenvalue weighted by Crippen LogP contribution is 2.29. The summed E-state index contributed by atoms with van der Waals surface area (Å²) in [5.41, 5.74) is 1.19. The summed E-state index contributed by atoms with van der Waals surface area (Å²) >= 11 is 6.19. The van der Waals surface area contributed by atoms with E-state index >= 15 is 0 Å². The van der Waals surface area contributed by atoms with Gasteiger partial charge in [-0.1, -0.05) is 17.7 Å². The van der Waals surface area contributed by atoms with Crippen LogP contribution in [-0.4, -0.2) is 39.2 Å². The van der Waals surface area contributed by atoms with Crippen LogP contribution in [-0.2, 0) is 0 Å². The molecule has 0 aromatic heterocycles. The molecule has 1 N–H and O–H groups in total. The quantitative estimate of drug-likeness (QED) is 0.847. The molecule has 96 valence electrons. The minimum atomic E-state index is 0.313. The van der Waals surface area contributed by atoms with E-state index in [0.29, 0.717) is 17.7 Å². The molecule has 0 radical (unpaired) electrons. The highest BCUT2D eigenvalue weighted by molar-refractivity contribution is 6.32. The molecule has 0 aliphatic carbocycles. The summed E-state index contributed by atoms with van der Waals surface area (Å²) in [5.74, 6) is 0.750. The number of halogens is 1. The predicted molar refractivity (Wildman–Crippen MR) is 73.0 cm³/mol. The summed E-state index contributed by atoms with van der Waals surface area (Å²) in [6.45, 7) is 3.47. The lowest BCUT2D eigenvalue weighted by molar-refractivity contribution is 0.293. The molecule has 1 atom stereocenters. The molecule has 0 saturated carbocycles. The number of nitrogens with one attached hydrogen (secondary N) is 1. The van der Waals surface area contributed by atoms with Crippen molar-refractivity contribution in [3.63, 3.8) is 0 Å². The average molecular weight is 257 g/mol. The maximum absolute atomic E-state index is 6.19. The first kappa shape index (κ1) is 14.3. The fourth-order valence-electron chi connectivity index (χ4n) is 1.79. The zero-order valence-electron chi connectivity index (χ0n) is 11.0. The standard InChI is InChI=1S/C13H21ClN2O/c1-5-17-13-7-6-10(8-11(13)14)12(9-15-2)16(3)4/h6-8,12,15H,5,9H2,1-4H3. The molecule has 4 heteroatoms.